The molecule has 1 N–H and O–H groups in total. The van der Waals surface area contributed by atoms with E-state index in [0.717, 1.165) is 17.5 Å². The van der Waals surface area contributed by atoms with Gasteiger partial charge in [-0.3, -0.25) is 14.9 Å². The van der Waals surface area contributed by atoms with Crippen molar-refractivity contribution in [2.75, 3.05) is 11.9 Å². The lowest BCUT2D eigenvalue weighted by Crippen LogP contribution is -2.09. The van der Waals surface area contributed by atoms with Gasteiger partial charge in [-0.2, -0.15) is 0 Å². The minimum absolute atomic E-state index is 0.132. The lowest BCUT2D eigenvalue weighted by molar-refractivity contribution is -0.385. The lowest BCUT2D eigenvalue weighted by atomic mass is 10.2. The van der Waals surface area contributed by atoms with Gasteiger partial charge >= 0.3 is 0 Å². The molecule has 1 aromatic heterocycles. The summed E-state index contributed by atoms with van der Waals surface area (Å²) in [7, 11) is 0. The Morgan fingerprint density at radius 1 is 1.30 bits per heavy atom. The molecule has 0 atom stereocenters. The first-order valence-corrected chi connectivity index (χ1v) is 6.91. The highest BCUT2D eigenvalue weighted by Gasteiger charge is 2.06. The van der Waals surface area contributed by atoms with Gasteiger partial charge in [0.15, 0.2) is 0 Å². The summed E-state index contributed by atoms with van der Waals surface area (Å²) in [5, 5.41) is 13.0. The van der Waals surface area contributed by atoms with Gasteiger partial charge in [0.1, 0.15) is 17.8 Å². The monoisotopic (exact) mass is 313 g/mol. The van der Waals surface area contributed by atoms with Gasteiger partial charge < -0.3 is 10.1 Å². The summed E-state index contributed by atoms with van der Waals surface area (Å²) in [5.74, 6) is 0.640. The molecule has 0 aliphatic rings. The van der Waals surface area contributed by atoms with Crippen LogP contribution in [0.3, 0.4) is 0 Å². The predicted octanol–water partition coefficient (Wildman–Crippen LogP) is 3.04. The first-order chi connectivity index (χ1) is 11.1. The molecular formula is C16H15N3O4. The number of aromatic nitrogens is 1. The number of nitrogens with one attached hydrogen (secondary N) is 1. The molecule has 23 heavy (non-hydrogen) atoms. The van der Waals surface area contributed by atoms with Crippen LogP contribution in [0.5, 0.6) is 5.75 Å². The number of amides is 1. The molecule has 7 nitrogen and oxygen atoms in total. The van der Waals surface area contributed by atoms with Gasteiger partial charge in [0.25, 0.3) is 5.69 Å². The Kier molecular flexibility index (Phi) is 5.40. The molecule has 0 bridgehead atoms. The fraction of sp³-hybridized carbons (Fsp3) is 0.125. The van der Waals surface area contributed by atoms with Crippen LogP contribution in [0.4, 0.5) is 11.5 Å². The lowest BCUT2D eigenvalue weighted by Gasteiger charge is -2.02. The predicted molar refractivity (Wildman–Crippen MR) is 86.2 cm³/mol. The molecule has 1 aromatic carbocycles. The summed E-state index contributed by atoms with van der Waals surface area (Å²) in [4.78, 5) is 25.5. The molecule has 2 rings (SSSR count). The summed E-state index contributed by atoms with van der Waals surface area (Å²) in [6.45, 7) is 2.50. The minimum atomic E-state index is -0.551. The van der Waals surface area contributed by atoms with Crippen molar-refractivity contribution >= 4 is 23.5 Å². The van der Waals surface area contributed by atoms with E-state index in [1.807, 2.05) is 31.2 Å². The number of hydrogen-bond donors (Lipinski definition) is 1. The molecule has 0 saturated heterocycles. The number of rotatable bonds is 6. The van der Waals surface area contributed by atoms with E-state index in [2.05, 4.69) is 10.3 Å². The number of anilines is 1. The normalized spacial score (nSPS) is 10.5. The maximum Gasteiger partial charge on any atom is 0.287 e. The zero-order valence-electron chi connectivity index (χ0n) is 12.4. The van der Waals surface area contributed by atoms with E-state index in [0.29, 0.717) is 6.61 Å². The van der Waals surface area contributed by atoms with Crippen molar-refractivity contribution in [2.45, 2.75) is 6.92 Å². The van der Waals surface area contributed by atoms with Gasteiger partial charge in [0.05, 0.1) is 11.5 Å². The second kappa shape index (κ2) is 7.69. The largest absolute Gasteiger partial charge is 0.494 e. The third-order valence-electron chi connectivity index (χ3n) is 2.83. The Morgan fingerprint density at radius 3 is 2.61 bits per heavy atom. The standard InChI is InChI=1S/C16H15N3O4/c1-2-23-14-7-3-12(4-8-14)5-10-16(20)18-15-9-6-13(11-17-15)19(21)22/h3-11H,2H2,1H3,(H,17,18,20)/b10-5+. The summed E-state index contributed by atoms with van der Waals surface area (Å²) < 4.78 is 5.33. The average molecular weight is 313 g/mol. The quantitative estimate of drug-likeness (QED) is 0.502. The number of nitrogens with zero attached hydrogens (tertiary/aromatic N) is 2. The number of ether oxygens (including phenoxy) is 1. The van der Waals surface area contributed by atoms with Gasteiger partial charge in [-0.1, -0.05) is 12.1 Å². The number of hydrogen-bond acceptors (Lipinski definition) is 5. The SMILES string of the molecule is CCOc1ccc(/C=C/C(=O)Nc2ccc([N+](=O)[O-])cn2)cc1. The topological polar surface area (TPSA) is 94.4 Å². The number of carbonyl (C=O) groups excluding carboxylic acids is 1. The van der Waals surface area contributed by atoms with E-state index < -0.39 is 4.92 Å². The van der Waals surface area contributed by atoms with E-state index >= 15 is 0 Å². The number of pyridine rings is 1. The van der Waals surface area contributed by atoms with Crippen LogP contribution in [-0.2, 0) is 4.79 Å². The number of carbonyl (C=O) groups is 1. The fourth-order valence-corrected chi connectivity index (χ4v) is 1.75. The van der Waals surface area contributed by atoms with Crippen LogP contribution < -0.4 is 10.1 Å². The Morgan fingerprint density at radius 2 is 2.04 bits per heavy atom. The molecule has 2 aromatic rings. The van der Waals surface area contributed by atoms with Crippen LogP contribution in [0, 0.1) is 10.1 Å². The highest BCUT2D eigenvalue weighted by molar-refractivity contribution is 6.01. The second-order valence-corrected chi connectivity index (χ2v) is 4.48. The van der Waals surface area contributed by atoms with E-state index in [-0.39, 0.29) is 17.4 Å². The molecule has 7 heteroatoms. The Labute approximate surface area is 132 Å². The van der Waals surface area contributed by atoms with Crippen molar-refractivity contribution in [2.24, 2.45) is 0 Å². The summed E-state index contributed by atoms with van der Waals surface area (Å²) >= 11 is 0. The zero-order valence-corrected chi connectivity index (χ0v) is 12.4. The zero-order chi connectivity index (χ0) is 16.7. The van der Waals surface area contributed by atoms with Gasteiger partial charge in [0.2, 0.25) is 5.91 Å². The van der Waals surface area contributed by atoms with Crippen molar-refractivity contribution < 1.29 is 14.5 Å². The third-order valence-corrected chi connectivity index (χ3v) is 2.83. The van der Waals surface area contributed by atoms with Crippen LogP contribution >= 0.6 is 0 Å². The Bertz CT molecular complexity index is 709. The van der Waals surface area contributed by atoms with E-state index in [1.54, 1.807) is 6.08 Å². The Balaban J connectivity index is 1.94. The second-order valence-electron chi connectivity index (χ2n) is 4.48. The molecular weight excluding hydrogens is 298 g/mol. The minimum Gasteiger partial charge on any atom is -0.494 e. The van der Waals surface area contributed by atoms with Crippen LogP contribution in [0.25, 0.3) is 6.08 Å². The van der Waals surface area contributed by atoms with E-state index in [4.69, 9.17) is 4.74 Å². The van der Waals surface area contributed by atoms with Gasteiger partial charge in [-0.25, -0.2) is 4.98 Å². The van der Waals surface area contributed by atoms with Crippen LogP contribution in [0.1, 0.15) is 12.5 Å². The molecule has 118 valence electrons. The third kappa shape index (κ3) is 4.92. The molecule has 0 fully saturated rings. The van der Waals surface area contributed by atoms with E-state index in [1.165, 1.54) is 18.2 Å². The summed E-state index contributed by atoms with van der Waals surface area (Å²) in [6, 6.07) is 9.95. The van der Waals surface area contributed by atoms with Crippen molar-refractivity contribution in [1.29, 1.82) is 0 Å². The van der Waals surface area contributed by atoms with Gasteiger partial charge in [0, 0.05) is 12.1 Å². The molecule has 0 unspecified atom stereocenters. The first-order valence-electron chi connectivity index (χ1n) is 6.91. The van der Waals surface area contributed by atoms with Crippen LogP contribution in [0.15, 0.2) is 48.7 Å². The van der Waals surface area contributed by atoms with Gasteiger partial charge in [-0.15, -0.1) is 0 Å². The molecule has 0 spiro atoms. The van der Waals surface area contributed by atoms with E-state index in [9.17, 15) is 14.9 Å². The van der Waals surface area contributed by atoms with Crippen LogP contribution in [0.2, 0.25) is 0 Å². The highest BCUT2D eigenvalue weighted by Crippen LogP contribution is 2.14. The molecule has 0 saturated carbocycles. The molecule has 0 aliphatic carbocycles. The van der Waals surface area contributed by atoms with Crippen LogP contribution in [-0.4, -0.2) is 22.4 Å². The van der Waals surface area contributed by atoms with Crippen molar-refractivity contribution in [1.82, 2.24) is 4.98 Å². The van der Waals surface area contributed by atoms with Crippen molar-refractivity contribution in [3.8, 4) is 5.75 Å². The molecule has 0 aliphatic heterocycles. The molecule has 0 radical (unpaired) electrons. The maximum absolute atomic E-state index is 11.8. The first kappa shape index (κ1) is 16.2. The fourth-order valence-electron chi connectivity index (χ4n) is 1.75. The Hall–Kier alpha value is -3.22. The maximum atomic E-state index is 11.8. The highest BCUT2D eigenvalue weighted by atomic mass is 16.6. The summed E-state index contributed by atoms with van der Waals surface area (Å²) in [6.07, 6.45) is 4.10. The summed E-state index contributed by atoms with van der Waals surface area (Å²) in [5.41, 5.74) is 0.716. The number of nitro groups is 1. The molecule has 1 amide bonds. The van der Waals surface area contributed by atoms with Gasteiger partial charge in [-0.05, 0) is 36.8 Å². The van der Waals surface area contributed by atoms with Crippen molar-refractivity contribution in [3.63, 3.8) is 0 Å². The molecule has 1 heterocycles. The number of benzene rings is 1. The average Bonchev–Trinajstić information content (AvgIpc) is 2.55. The van der Waals surface area contributed by atoms with Crippen molar-refractivity contribution in [3.05, 3.63) is 64.3 Å². The smallest absolute Gasteiger partial charge is 0.287 e.